The van der Waals surface area contributed by atoms with Crippen LogP contribution in [-0.2, 0) is 11.3 Å². The zero-order chi connectivity index (χ0) is 17.3. The molecule has 1 aliphatic heterocycles. The predicted octanol–water partition coefficient (Wildman–Crippen LogP) is 3.40. The average Bonchev–Trinajstić information content (AvgIpc) is 3.06. The number of nitrogens with zero attached hydrogens (tertiary/aromatic N) is 1. The van der Waals surface area contributed by atoms with Gasteiger partial charge in [0.2, 0.25) is 0 Å². The van der Waals surface area contributed by atoms with Gasteiger partial charge in [0.15, 0.2) is 5.76 Å². The second kappa shape index (κ2) is 7.11. The second-order valence-corrected chi connectivity index (χ2v) is 6.18. The molecule has 1 saturated heterocycles. The van der Waals surface area contributed by atoms with Gasteiger partial charge in [0.05, 0.1) is 24.7 Å². The van der Waals surface area contributed by atoms with E-state index in [2.05, 4.69) is 0 Å². The summed E-state index contributed by atoms with van der Waals surface area (Å²) in [5, 5.41) is 0.238. The fourth-order valence-electron chi connectivity index (χ4n) is 2.56. The number of carbonyl (C=O) groups excluding carboxylic acids is 1. The first-order valence-corrected chi connectivity index (χ1v) is 8.09. The van der Waals surface area contributed by atoms with Crippen LogP contribution in [0.3, 0.4) is 0 Å². The van der Waals surface area contributed by atoms with Gasteiger partial charge in [0, 0.05) is 17.1 Å². The lowest BCUT2D eigenvalue weighted by Gasteiger charge is -2.33. The van der Waals surface area contributed by atoms with E-state index < -0.39 is 11.9 Å². The van der Waals surface area contributed by atoms with E-state index >= 15 is 0 Å². The summed E-state index contributed by atoms with van der Waals surface area (Å²) in [7, 11) is 0. The first-order valence-electron chi connectivity index (χ1n) is 7.33. The van der Waals surface area contributed by atoms with Crippen LogP contribution >= 0.6 is 23.2 Å². The van der Waals surface area contributed by atoms with Crippen molar-refractivity contribution in [3.05, 3.63) is 57.2 Å². The minimum atomic E-state index is -0.582. The maximum atomic E-state index is 13.7. The maximum Gasteiger partial charge on any atom is 0.289 e. The number of rotatable bonds is 3. The highest BCUT2D eigenvalue weighted by molar-refractivity contribution is 6.35. The van der Waals surface area contributed by atoms with Gasteiger partial charge in [-0.25, -0.2) is 4.39 Å². The van der Waals surface area contributed by atoms with Gasteiger partial charge in [-0.3, -0.25) is 4.79 Å². The molecule has 0 bridgehead atoms. The Morgan fingerprint density at radius 1 is 1.33 bits per heavy atom. The van der Waals surface area contributed by atoms with Crippen molar-refractivity contribution in [1.82, 2.24) is 4.90 Å². The number of nitrogens with two attached hydrogens (primary N) is 1. The van der Waals surface area contributed by atoms with Gasteiger partial charge in [0.1, 0.15) is 17.7 Å². The van der Waals surface area contributed by atoms with Crippen LogP contribution in [0.5, 0.6) is 0 Å². The highest BCUT2D eigenvalue weighted by Gasteiger charge is 2.29. The number of furan rings is 1. The third-order valence-electron chi connectivity index (χ3n) is 3.81. The molecule has 1 aromatic carbocycles. The number of carbonyl (C=O) groups is 1. The minimum Gasteiger partial charge on any atom is -0.455 e. The number of hydrogen-bond acceptors (Lipinski definition) is 4. The molecule has 1 atom stereocenters. The van der Waals surface area contributed by atoms with Crippen molar-refractivity contribution in [3.8, 4) is 0 Å². The van der Waals surface area contributed by atoms with Crippen LogP contribution in [-0.4, -0.2) is 30.5 Å². The van der Waals surface area contributed by atoms with Crippen molar-refractivity contribution in [3.63, 3.8) is 0 Å². The van der Waals surface area contributed by atoms with E-state index in [0.717, 1.165) is 0 Å². The SMILES string of the molecule is NCc1ccc(C(=O)N2CCO[C@@H](c3cc(F)c(Cl)cc3Cl)C2)o1. The van der Waals surface area contributed by atoms with Gasteiger partial charge in [-0.2, -0.15) is 0 Å². The molecule has 0 aliphatic carbocycles. The lowest BCUT2D eigenvalue weighted by Crippen LogP contribution is -2.42. The summed E-state index contributed by atoms with van der Waals surface area (Å²) in [4.78, 5) is 14.1. The van der Waals surface area contributed by atoms with Crippen molar-refractivity contribution in [2.24, 2.45) is 5.73 Å². The summed E-state index contributed by atoms with van der Waals surface area (Å²) < 4.78 is 24.8. The first-order chi connectivity index (χ1) is 11.5. The number of ether oxygens (including phenoxy) is 1. The second-order valence-electron chi connectivity index (χ2n) is 5.37. The molecule has 0 saturated carbocycles. The molecule has 2 aromatic rings. The summed E-state index contributed by atoms with van der Waals surface area (Å²) in [6, 6.07) is 5.82. The van der Waals surface area contributed by atoms with E-state index in [1.165, 1.54) is 12.1 Å². The molecular weight excluding hydrogens is 358 g/mol. The highest BCUT2D eigenvalue weighted by Crippen LogP contribution is 2.32. The largest absolute Gasteiger partial charge is 0.455 e. The molecule has 3 rings (SSSR count). The normalized spacial score (nSPS) is 18.0. The first kappa shape index (κ1) is 17.2. The van der Waals surface area contributed by atoms with Crippen LogP contribution in [0.2, 0.25) is 10.0 Å². The topological polar surface area (TPSA) is 68.7 Å². The lowest BCUT2D eigenvalue weighted by molar-refractivity contribution is -0.0238. The molecular formula is C16H15Cl2FN2O3. The Morgan fingerprint density at radius 2 is 2.12 bits per heavy atom. The zero-order valence-corrected chi connectivity index (χ0v) is 14.1. The third-order valence-corrected chi connectivity index (χ3v) is 4.43. The average molecular weight is 373 g/mol. The summed E-state index contributed by atoms with van der Waals surface area (Å²) in [6.07, 6.45) is -0.536. The summed E-state index contributed by atoms with van der Waals surface area (Å²) in [6.45, 7) is 1.17. The Kier molecular flexibility index (Phi) is 5.10. The summed E-state index contributed by atoms with van der Waals surface area (Å²) in [5.41, 5.74) is 5.94. The number of morpholine rings is 1. The third kappa shape index (κ3) is 3.42. The molecule has 24 heavy (non-hydrogen) atoms. The Balaban J connectivity index is 1.79. The minimum absolute atomic E-state index is 0.0580. The smallest absolute Gasteiger partial charge is 0.289 e. The zero-order valence-electron chi connectivity index (χ0n) is 12.6. The number of hydrogen-bond donors (Lipinski definition) is 1. The molecule has 2 heterocycles. The van der Waals surface area contributed by atoms with Crippen LogP contribution in [0.4, 0.5) is 4.39 Å². The molecule has 1 fully saturated rings. The molecule has 8 heteroatoms. The fourth-order valence-corrected chi connectivity index (χ4v) is 3.07. The summed E-state index contributed by atoms with van der Waals surface area (Å²) >= 11 is 11.8. The molecule has 0 radical (unpaired) electrons. The Hall–Kier alpha value is -1.60. The van der Waals surface area contributed by atoms with E-state index in [4.69, 9.17) is 38.1 Å². The van der Waals surface area contributed by atoms with Gasteiger partial charge in [-0.05, 0) is 24.3 Å². The number of benzene rings is 1. The monoisotopic (exact) mass is 372 g/mol. The van der Waals surface area contributed by atoms with Crippen molar-refractivity contribution >= 4 is 29.1 Å². The standard InChI is InChI=1S/C16H15Cl2FN2O3/c17-11-6-12(18)13(19)5-10(11)15-8-21(3-4-23-15)16(22)14-2-1-9(7-20)24-14/h1-2,5-6,15H,3-4,7-8,20H2/t15-/m1/s1. The molecule has 1 amide bonds. The predicted molar refractivity (Wildman–Crippen MR) is 87.6 cm³/mol. The maximum absolute atomic E-state index is 13.7. The quantitative estimate of drug-likeness (QED) is 0.838. The van der Waals surface area contributed by atoms with Gasteiger partial charge in [-0.15, -0.1) is 0 Å². The van der Waals surface area contributed by atoms with E-state index in [1.54, 1.807) is 17.0 Å². The number of halogens is 3. The van der Waals surface area contributed by atoms with Crippen LogP contribution in [0, 0.1) is 5.82 Å². The Morgan fingerprint density at radius 3 is 2.83 bits per heavy atom. The molecule has 2 N–H and O–H groups in total. The Labute approximate surface area is 148 Å². The van der Waals surface area contributed by atoms with Crippen LogP contribution in [0.25, 0.3) is 0 Å². The molecule has 1 aliphatic rings. The molecule has 1 aromatic heterocycles. The number of amides is 1. The highest BCUT2D eigenvalue weighted by atomic mass is 35.5. The van der Waals surface area contributed by atoms with E-state index in [-0.39, 0.29) is 29.8 Å². The molecule has 128 valence electrons. The van der Waals surface area contributed by atoms with Gasteiger partial charge >= 0.3 is 0 Å². The fraction of sp³-hybridized carbons (Fsp3) is 0.312. The molecule has 0 unspecified atom stereocenters. The van der Waals surface area contributed by atoms with Crippen LogP contribution in [0.1, 0.15) is 28.0 Å². The van der Waals surface area contributed by atoms with Crippen LogP contribution < -0.4 is 5.73 Å². The Bertz CT molecular complexity index is 766. The van der Waals surface area contributed by atoms with E-state index in [0.29, 0.717) is 29.5 Å². The summed E-state index contributed by atoms with van der Waals surface area (Å²) in [5.74, 6) is -0.106. The molecule has 0 spiro atoms. The van der Waals surface area contributed by atoms with Crippen molar-refractivity contribution in [2.75, 3.05) is 19.7 Å². The molecule has 5 nitrogen and oxygen atoms in total. The van der Waals surface area contributed by atoms with Gasteiger partial charge in [0.25, 0.3) is 5.91 Å². The van der Waals surface area contributed by atoms with E-state index in [9.17, 15) is 9.18 Å². The van der Waals surface area contributed by atoms with Crippen molar-refractivity contribution in [1.29, 1.82) is 0 Å². The lowest BCUT2D eigenvalue weighted by atomic mass is 10.1. The van der Waals surface area contributed by atoms with Gasteiger partial charge in [-0.1, -0.05) is 23.2 Å². The van der Waals surface area contributed by atoms with Crippen molar-refractivity contribution < 1.29 is 18.3 Å². The van der Waals surface area contributed by atoms with E-state index in [1.807, 2.05) is 0 Å². The van der Waals surface area contributed by atoms with Gasteiger partial charge < -0.3 is 19.8 Å². The van der Waals surface area contributed by atoms with Crippen molar-refractivity contribution in [2.45, 2.75) is 12.6 Å². The van der Waals surface area contributed by atoms with Crippen LogP contribution in [0.15, 0.2) is 28.7 Å².